The fourth-order valence-electron chi connectivity index (χ4n) is 9.41. The fraction of sp³-hybridized carbons (Fsp3) is 0.946. The van der Waals surface area contributed by atoms with Gasteiger partial charge in [-0.1, -0.05) is 27.7 Å². The number of rotatable bonds is 7. The highest BCUT2D eigenvalue weighted by molar-refractivity contribution is 6.04. The molecule has 0 aromatic rings. The highest BCUT2D eigenvalue weighted by atomic mass is 16.7. The zero-order chi connectivity index (χ0) is 35.0. The zero-order valence-corrected chi connectivity index (χ0v) is 31.5. The summed E-state index contributed by atoms with van der Waals surface area (Å²) < 4.78 is 25.3. The molecule has 0 aromatic carbocycles. The number of ether oxygens (including phenoxy) is 4. The summed E-state index contributed by atoms with van der Waals surface area (Å²) in [6.45, 7) is 18.1. The lowest BCUT2D eigenvalue weighted by molar-refractivity contribution is -0.295. The maximum atomic E-state index is 14.3. The van der Waals surface area contributed by atoms with E-state index in [-0.39, 0.29) is 36.5 Å². The van der Waals surface area contributed by atoms with E-state index in [1.807, 2.05) is 32.8 Å². The van der Waals surface area contributed by atoms with E-state index in [4.69, 9.17) is 18.9 Å². The van der Waals surface area contributed by atoms with Crippen LogP contribution in [0.4, 0.5) is 0 Å². The number of carbonyl (C=O) groups is 2. The molecular weight excluding hydrogens is 598 g/mol. The van der Waals surface area contributed by atoms with Crippen LogP contribution in [0.5, 0.6) is 0 Å². The van der Waals surface area contributed by atoms with Crippen LogP contribution in [0, 0.1) is 29.1 Å². The molecule has 1 N–H and O–H groups in total. The molecule has 11 atom stereocenters. The van der Waals surface area contributed by atoms with Gasteiger partial charge in [-0.05, 0) is 105 Å². The average Bonchev–Trinajstić information content (AvgIpc) is 3.20. The molecule has 10 heteroatoms. The third-order valence-corrected chi connectivity index (χ3v) is 12.0. The molecule has 47 heavy (non-hydrogen) atoms. The third-order valence-electron chi connectivity index (χ3n) is 12.0. The molecule has 4 fully saturated rings. The largest absolute Gasteiger partial charge is 0.463 e. The number of aliphatic hydroxyl groups excluding tert-OH is 1. The van der Waals surface area contributed by atoms with Crippen molar-refractivity contribution in [3.63, 3.8) is 0 Å². The second kappa shape index (κ2) is 15.4. The number of hydrogen-bond acceptors (Lipinski definition) is 10. The van der Waals surface area contributed by atoms with Crippen molar-refractivity contribution in [3.05, 3.63) is 0 Å². The fourth-order valence-corrected chi connectivity index (χ4v) is 9.41. The Balaban J connectivity index is 1.64. The van der Waals surface area contributed by atoms with Gasteiger partial charge in [-0.2, -0.15) is 0 Å². The van der Waals surface area contributed by atoms with Crippen molar-refractivity contribution in [1.82, 2.24) is 14.7 Å². The van der Waals surface area contributed by atoms with Crippen LogP contribution in [-0.2, 0) is 28.5 Å². The van der Waals surface area contributed by atoms with Gasteiger partial charge in [-0.15, -0.1) is 0 Å². The van der Waals surface area contributed by atoms with Crippen molar-refractivity contribution in [2.45, 2.75) is 148 Å². The molecule has 0 amide bonds. The lowest BCUT2D eigenvalue weighted by Crippen LogP contribution is -2.59. The first-order chi connectivity index (χ1) is 21.9. The number of methoxy groups -OCH3 is 1. The third kappa shape index (κ3) is 8.43. The highest BCUT2D eigenvalue weighted by Gasteiger charge is 2.52. The number of aliphatic hydroxyl groups is 1. The van der Waals surface area contributed by atoms with E-state index in [1.54, 1.807) is 27.9 Å². The minimum atomic E-state index is -1.40. The van der Waals surface area contributed by atoms with Gasteiger partial charge < -0.3 is 29.0 Å². The Kier molecular flexibility index (Phi) is 12.7. The van der Waals surface area contributed by atoms with Crippen molar-refractivity contribution in [1.29, 1.82) is 0 Å². The molecule has 4 aliphatic rings. The Hall–Kier alpha value is -1.14. The second-order valence-corrected chi connectivity index (χ2v) is 17.0. The molecule has 272 valence electrons. The molecule has 10 nitrogen and oxygen atoms in total. The van der Waals surface area contributed by atoms with E-state index in [0.29, 0.717) is 36.8 Å². The maximum Gasteiger partial charge on any atom is 0.319 e. The van der Waals surface area contributed by atoms with E-state index >= 15 is 0 Å². The van der Waals surface area contributed by atoms with E-state index in [0.717, 1.165) is 25.9 Å². The first-order valence-corrected chi connectivity index (χ1v) is 18.3. The normalized spacial score (nSPS) is 43.0. The molecule has 0 aliphatic carbocycles. The Morgan fingerprint density at radius 1 is 1.04 bits per heavy atom. The van der Waals surface area contributed by atoms with Gasteiger partial charge in [0, 0.05) is 50.3 Å². The number of hydrogen-bond donors (Lipinski definition) is 1. The summed E-state index contributed by atoms with van der Waals surface area (Å²) in [6, 6.07) is 1.05. The zero-order valence-electron chi connectivity index (χ0n) is 31.5. The Labute approximate surface area is 285 Å². The van der Waals surface area contributed by atoms with Crippen LogP contribution in [-0.4, -0.2) is 134 Å². The predicted octanol–water partition coefficient (Wildman–Crippen LogP) is 4.22. The molecule has 0 radical (unpaired) electrons. The minimum absolute atomic E-state index is 0.0610. The number of cyclic esters (lactones) is 1. The number of piperidine rings is 1. The van der Waals surface area contributed by atoms with Crippen LogP contribution in [0.1, 0.15) is 93.9 Å². The van der Waals surface area contributed by atoms with Gasteiger partial charge >= 0.3 is 5.97 Å². The summed E-state index contributed by atoms with van der Waals surface area (Å²) in [5.41, 5.74) is -2.30. The van der Waals surface area contributed by atoms with Crippen LogP contribution in [0.25, 0.3) is 0 Å². The van der Waals surface area contributed by atoms with Crippen molar-refractivity contribution >= 4 is 11.8 Å². The quantitative estimate of drug-likeness (QED) is 0.314. The number of likely N-dealkylation sites (N-methyl/N-ethyl adjacent to an activating group) is 2. The minimum Gasteiger partial charge on any atom is -0.463 e. The summed E-state index contributed by atoms with van der Waals surface area (Å²) in [5, 5.41) is 11.4. The molecule has 4 saturated heterocycles. The van der Waals surface area contributed by atoms with Gasteiger partial charge in [-0.3, -0.25) is 19.4 Å². The van der Waals surface area contributed by atoms with Gasteiger partial charge in [0.1, 0.15) is 18.1 Å². The lowest BCUT2D eigenvalue weighted by atomic mass is 9.74. The van der Waals surface area contributed by atoms with Crippen molar-refractivity contribution in [3.8, 4) is 0 Å². The molecule has 4 heterocycles. The summed E-state index contributed by atoms with van der Waals surface area (Å²) >= 11 is 0. The van der Waals surface area contributed by atoms with Crippen LogP contribution in [0.3, 0.4) is 0 Å². The second-order valence-electron chi connectivity index (χ2n) is 17.0. The molecule has 0 spiro atoms. The summed E-state index contributed by atoms with van der Waals surface area (Å²) in [4.78, 5) is 35.3. The van der Waals surface area contributed by atoms with Gasteiger partial charge in [0.05, 0.1) is 17.8 Å². The molecule has 4 aliphatic heterocycles. The van der Waals surface area contributed by atoms with Crippen LogP contribution >= 0.6 is 0 Å². The molecule has 0 saturated carbocycles. The van der Waals surface area contributed by atoms with Crippen molar-refractivity contribution in [2.24, 2.45) is 29.1 Å². The number of carbonyl (C=O) groups excluding carboxylic acids is 2. The molecule has 2 unspecified atom stereocenters. The SMILES string of the molecule is CO[C@]1(C)C[C@@H](C)CN(C)[C@H](C2CC3CCC(C2)N3CC(C)C)COC(=O)C(C)(C)C(=O)[C@H](C)[C@H]1O[C@@H]1O[C@H](C)C[C@H](N(C)C)[C@H]1O. The lowest BCUT2D eigenvalue weighted by Gasteiger charge is -2.47. The van der Waals surface area contributed by atoms with Crippen molar-refractivity contribution < 1.29 is 33.6 Å². The number of esters is 1. The van der Waals surface area contributed by atoms with Crippen LogP contribution in [0.15, 0.2) is 0 Å². The monoisotopic (exact) mass is 665 g/mol. The smallest absolute Gasteiger partial charge is 0.319 e. The first kappa shape index (κ1) is 38.7. The van der Waals surface area contributed by atoms with Gasteiger partial charge in [-0.25, -0.2) is 0 Å². The van der Waals surface area contributed by atoms with E-state index in [1.165, 1.54) is 12.8 Å². The van der Waals surface area contributed by atoms with Crippen molar-refractivity contribution in [2.75, 3.05) is 47.9 Å². The molecule has 2 bridgehead atoms. The highest BCUT2D eigenvalue weighted by Crippen LogP contribution is 2.43. The van der Waals surface area contributed by atoms with Gasteiger partial charge in [0.2, 0.25) is 0 Å². The predicted molar refractivity (Wildman–Crippen MR) is 183 cm³/mol. The topological polar surface area (TPSA) is 101 Å². The average molecular weight is 666 g/mol. The van der Waals surface area contributed by atoms with Crippen LogP contribution in [0.2, 0.25) is 0 Å². The number of nitrogens with zero attached hydrogens (tertiary/aromatic N) is 3. The molecule has 0 aromatic heterocycles. The van der Waals surface area contributed by atoms with E-state index in [9.17, 15) is 14.7 Å². The number of fused-ring (bicyclic) bond motifs is 2. The van der Waals surface area contributed by atoms with E-state index in [2.05, 4.69) is 37.6 Å². The molecular formula is C37H67N3O7. The van der Waals surface area contributed by atoms with Gasteiger partial charge in [0.15, 0.2) is 12.1 Å². The standard InChI is InChI=1S/C37H67N3O7/c1-22(2)19-40-27-13-14-28(40)17-26(16-27)30-21-45-35(43)36(6,7)32(42)25(5)33(37(8,44-12)18-23(3)20-39(30)11)47-34-31(41)29(38(9)10)15-24(4)46-34/h22-31,33-34,41H,13-21H2,1-12H3/t23-,24-,25+,26?,27?,28?,29+,30+,31-,33-,34+,37-/m1/s1. The Morgan fingerprint density at radius 2 is 1.66 bits per heavy atom. The Morgan fingerprint density at radius 3 is 2.21 bits per heavy atom. The van der Waals surface area contributed by atoms with Crippen LogP contribution < -0.4 is 0 Å². The summed E-state index contributed by atoms with van der Waals surface area (Å²) in [7, 11) is 7.69. The van der Waals surface area contributed by atoms with E-state index < -0.39 is 41.4 Å². The number of ketones is 1. The summed E-state index contributed by atoms with van der Waals surface area (Å²) in [5.74, 6) is -0.293. The number of Topliss-reactive ketones (excluding diaryl/α,β-unsaturated/α-hetero) is 1. The first-order valence-electron chi connectivity index (χ1n) is 18.3. The van der Waals surface area contributed by atoms with Gasteiger partial charge in [0.25, 0.3) is 0 Å². The Bertz CT molecular complexity index is 1060. The molecule has 4 rings (SSSR count). The summed E-state index contributed by atoms with van der Waals surface area (Å²) in [6.07, 6.45) is 3.16. The maximum absolute atomic E-state index is 14.3.